The molecule has 0 bridgehead atoms. The molecule has 1 aromatic heterocycles. The lowest BCUT2D eigenvalue weighted by molar-refractivity contribution is -0.213. The molecule has 2 aliphatic heterocycles. The molecule has 26 heavy (non-hydrogen) atoms. The normalized spacial score (nSPS) is 34.8. The molecule has 2 saturated heterocycles. The van der Waals surface area contributed by atoms with Gasteiger partial charge in [-0.3, -0.25) is 9.78 Å². The van der Waals surface area contributed by atoms with Gasteiger partial charge in [-0.05, 0) is 24.8 Å². The van der Waals surface area contributed by atoms with Gasteiger partial charge in [0.1, 0.15) is 18.3 Å². The van der Waals surface area contributed by atoms with Crippen molar-refractivity contribution in [2.75, 3.05) is 12.4 Å². The number of hydrogen-bond donors (Lipinski definition) is 2. The summed E-state index contributed by atoms with van der Waals surface area (Å²) in [6.45, 7) is -0.229. The van der Waals surface area contributed by atoms with Gasteiger partial charge in [-0.1, -0.05) is 5.92 Å². The summed E-state index contributed by atoms with van der Waals surface area (Å²) in [6.07, 6.45) is 9.10. The van der Waals surface area contributed by atoms with Crippen molar-refractivity contribution >= 4 is 11.9 Å². The fourth-order valence-corrected chi connectivity index (χ4v) is 4.92. The molecule has 0 radical (unpaired) electrons. The molecule has 3 fully saturated rings. The maximum atomic E-state index is 11.9. The van der Waals surface area contributed by atoms with Crippen LogP contribution in [-0.4, -0.2) is 56.1 Å². The smallest absolute Gasteiger partial charge is 0.338 e. The summed E-state index contributed by atoms with van der Waals surface area (Å²) >= 11 is 1.16. The molecule has 1 saturated carbocycles. The molecule has 8 nitrogen and oxygen atoms in total. The highest BCUT2D eigenvalue weighted by atomic mass is 32.2. The molecule has 4 atom stereocenters. The third-order valence-corrected chi connectivity index (χ3v) is 6.22. The number of hydrogen-bond acceptors (Lipinski definition) is 7. The zero-order chi connectivity index (χ0) is 18.4. The Morgan fingerprint density at radius 3 is 2.85 bits per heavy atom. The van der Waals surface area contributed by atoms with Crippen LogP contribution >= 0.6 is 11.9 Å². The van der Waals surface area contributed by atoms with Crippen LogP contribution in [0, 0.1) is 12.3 Å². The topological polar surface area (TPSA) is 103 Å². The second kappa shape index (κ2) is 6.55. The fourth-order valence-electron chi connectivity index (χ4n) is 3.99. The van der Waals surface area contributed by atoms with Crippen LogP contribution in [0.5, 0.6) is 0 Å². The predicted octanol–water partition coefficient (Wildman–Crippen LogP) is -0.150. The Balaban J connectivity index is 1.58. The number of fused-ring (bicyclic) bond motifs is 1. The van der Waals surface area contributed by atoms with Gasteiger partial charge in [0, 0.05) is 30.9 Å². The van der Waals surface area contributed by atoms with Gasteiger partial charge >= 0.3 is 5.69 Å². The Labute approximate surface area is 154 Å². The van der Waals surface area contributed by atoms with Gasteiger partial charge in [-0.2, -0.15) is 0 Å². The van der Waals surface area contributed by atoms with E-state index in [1.165, 1.54) is 16.2 Å². The maximum absolute atomic E-state index is 11.9. The first-order chi connectivity index (χ1) is 12.5. The molecule has 4 rings (SSSR count). The van der Waals surface area contributed by atoms with Crippen LogP contribution in [0.4, 0.5) is 0 Å². The highest BCUT2D eigenvalue weighted by Crippen LogP contribution is 2.52. The second-order valence-electron chi connectivity index (χ2n) is 6.77. The van der Waals surface area contributed by atoms with E-state index in [4.69, 9.17) is 20.6 Å². The molecule has 1 aliphatic carbocycles. The van der Waals surface area contributed by atoms with E-state index in [2.05, 4.69) is 10.9 Å². The van der Waals surface area contributed by atoms with Crippen molar-refractivity contribution in [1.29, 1.82) is 0 Å². The third kappa shape index (κ3) is 2.73. The van der Waals surface area contributed by atoms with Gasteiger partial charge in [0.15, 0.2) is 11.4 Å². The van der Waals surface area contributed by atoms with E-state index < -0.39 is 40.9 Å². The molecule has 1 aromatic rings. The van der Waals surface area contributed by atoms with Gasteiger partial charge < -0.3 is 19.3 Å². The maximum Gasteiger partial charge on any atom is 0.338 e. The van der Waals surface area contributed by atoms with Crippen molar-refractivity contribution in [2.24, 2.45) is 0 Å². The monoisotopic (exact) mass is 380 g/mol. The molecular weight excluding hydrogens is 360 g/mol. The second-order valence-corrected chi connectivity index (χ2v) is 7.76. The predicted molar refractivity (Wildman–Crippen MR) is 93.6 cm³/mol. The molecule has 140 valence electrons. The van der Waals surface area contributed by atoms with Crippen LogP contribution < -0.4 is 11.2 Å². The number of aromatic nitrogens is 2. The van der Waals surface area contributed by atoms with Crippen LogP contribution in [-0.2, 0) is 14.2 Å². The Hall–Kier alpha value is -1.57. The number of nitrogens with one attached hydrogen (secondary N) is 1. The third-order valence-electron chi connectivity index (χ3n) is 5.20. The number of H-pyrrole nitrogens is 1. The van der Waals surface area contributed by atoms with Gasteiger partial charge in [0.05, 0.1) is 6.61 Å². The van der Waals surface area contributed by atoms with Crippen molar-refractivity contribution in [2.45, 2.75) is 55.4 Å². The van der Waals surface area contributed by atoms with Gasteiger partial charge in [0.25, 0.3) is 5.56 Å². The summed E-state index contributed by atoms with van der Waals surface area (Å²) in [5.74, 6) is 2.33. The average Bonchev–Trinajstić information content (AvgIpc) is 3.28. The van der Waals surface area contributed by atoms with Crippen molar-refractivity contribution in [3.63, 3.8) is 0 Å². The zero-order valence-electron chi connectivity index (χ0n) is 14.1. The minimum absolute atomic E-state index is 0.229. The molecule has 3 heterocycles. The lowest BCUT2D eigenvalue weighted by Crippen LogP contribution is -2.47. The summed E-state index contributed by atoms with van der Waals surface area (Å²) in [7, 11) is 0. The van der Waals surface area contributed by atoms with E-state index in [9.17, 15) is 14.7 Å². The van der Waals surface area contributed by atoms with Crippen LogP contribution in [0.25, 0.3) is 0 Å². The molecule has 1 unspecified atom stereocenters. The van der Waals surface area contributed by atoms with Crippen LogP contribution in [0.15, 0.2) is 21.9 Å². The lowest BCUT2D eigenvalue weighted by Gasteiger charge is -2.30. The summed E-state index contributed by atoms with van der Waals surface area (Å²) in [5, 5.41) is 9.70. The summed E-state index contributed by atoms with van der Waals surface area (Å²) in [4.78, 5) is 25.2. The average molecular weight is 380 g/mol. The number of terminal acetylenes is 1. The SMILES string of the molecule is C#C[C@@]12OC3(CCCC3)O[C@@H]1[C@@H](CO)OC2CSn1ccc(=O)[nH]c1=O. The first kappa shape index (κ1) is 17.8. The van der Waals surface area contributed by atoms with E-state index >= 15 is 0 Å². The van der Waals surface area contributed by atoms with Crippen molar-refractivity contribution < 1.29 is 19.3 Å². The number of rotatable bonds is 4. The number of aliphatic hydroxyl groups excluding tert-OH is 1. The van der Waals surface area contributed by atoms with Gasteiger partial charge in [-0.25, -0.2) is 8.77 Å². The summed E-state index contributed by atoms with van der Waals surface area (Å²) in [5.41, 5.74) is -2.09. The highest BCUT2D eigenvalue weighted by Gasteiger charge is 2.67. The number of ether oxygens (including phenoxy) is 3. The van der Waals surface area contributed by atoms with Gasteiger partial charge in [0.2, 0.25) is 0 Å². The fraction of sp³-hybridized carbons (Fsp3) is 0.647. The van der Waals surface area contributed by atoms with Crippen LogP contribution in [0.3, 0.4) is 0 Å². The Bertz CT molecular complexity index is 839. The minimum Gasteiger partial charge on any atom is -0.394 e. The first-order valence-corrected chi connectivity index (χ1v) is 9.53. The summed E-state index contributed by atoms with van der Waals surface area (Å²) < 4.78 is 19.7. The molecule has 2 N–H and O–H groups in total. The van der Waals surface area contributed by atoms with Gasteiger partial charge in [-0.15, -0.1) is 6.42 Å². The molecule has 0 aromatic carbocycles. The Kier molecular flexibility index (Phi) is 4.49. The lowest BCUT2D eigenvalue weighted by atomic mass is 9.92. The van der Waals surface area contributed by atoms with Crippen molar-refractivity contribution in [3.8, 4) is 12.3 Å². The quantitative estimate of drug-likeness (QED) is 0.701. The highest BCUT2D eigenvalue weighted by molar-refractivity contribution is 7.97. The molecule has 0 amide bonds. The van der Waals surface area contributed by atoms with E-state index in [1.54, 1.807) is 0 Å². The largest absolute Gasteiger partial charge is 0.394 e. The number of aliphatic hydroxyl groups is 1. The van der Waals surface area contributed by atoms with E-state index in [0.717, 1.165) is 37.6 Å². The molecule has 3 aliphatic rings. The standard InChI is InChI=1S/C17H20N2O6S/c1-2-17-12(10-26-19-8-5-13(21)18-15(19)22)23-11(9-20)14(17)24-16(25-17)6-3-4-7-16/h1,5,8,11-12,14,20H,3-4,6-7,9-10H2,(H,18,21,22)/t11-,12?,14-,17+/m1/s1. The number of aromatic amines is 1. The first-order valence-electron chi connectivity index (χ1n) is 8.59. The van der Waals surface area contributed by atoms with E-state index in [0.29, 0.717) is 5.75 Å². The van der Waals surface area contributed by atoms with E-state index in [-0.39, 0.29) is 6.61 Å². The Morgan fingerprint density at radius 2 is 2.19 bits per heavy atom. The van der Waals surface area contributed by atoms with E-state index in [1.807, 2.05) is 0 Å². The van der Waals surface area contributed by atoms with Crippen molar-refractivity contribution in [3.05, 3.63) is 33.1 Å². The van der Waals surface area contributed by atoms with Crippen LogP contribution in [0.1, 0.15) is 25.7 Å². The van der Waals surface area contributed by atoms with Crippen LogP contribution in [0.2, 0.25) is 0 Å². The zero-order valence-corrected chi connectivity index (χ0v) is 14.9. The van der Waals surface area contributed by atoms with Crippen molar-refractivity contribution in [1.82, 2.24) is 8.96 Å². The Morgan fingerprint density at radius 1 is 1.42 bits per heavy atom. The molecule has 9 heteroatoms. The molecule has 1 spiro atoms. The minimum atomic E-state index is -1.10. The summed E-state index contributed by atoms with van der Waals surface area (Å²) in [6, 6.07) is 1.27. The number of nitrogens with zero attached hydrogens (tertiary/aromatic N) is 1. The molecular formula is C17H20N2O6S.